The molecule has 19 heavy (non-hydrogen) atoms. The van der Waals surface area contributed by atoms with Crippen LogP contribution < -0.4 is 5.32 Å². The van der Waals surface area contributed by atoms with Crippen molar-refractivity contribution in [2.75, 3.05) is 26.2 Å². The number of nitrogens with zero attached hydrogens (tertiary/aromatic N) is 1. The van der Waals surface area contributed by atoms with Crippen molar-refractivity contribution in [3.63, 3.8) is 0 Å². The molecule has 1 N–H and O–H groups in total. The average molecular weight is 258 g/mol. The molecule has 3 rings (SSSR count). The van der Waals surface area contributed by atoms with E-state index < -0.39 is 0 Å². The largest absolute Gasteiger partial charge is 0.314 e. The van der Waals surface area contributed by atoms with E-state index in [9.17, 15) is 0 Å². The van der Waals surface area contributed by atoms with Gasteiger partial charge in [0.25, 0.3) is 0 Å². The van der Waals surface area contributed by atoms with Gasteiger partial charge in [0.1, 0.15) is 0 Å². The van der Waals surface area contributed by atoms with E-state index in [0.29, 0.717) is 6.04 Å². The summed E-state index contributed by atoms with van der Waals surface area (Å²) in [6.45, 7) is 9.28. The predicted octanol–water partition coefficient (Wildman–Crippen LogP) is 3.05. The third kappa shape index (κ3) is 2.56. The number of hydrogen-bond acceptors (Lipinski definition) is 2. The first-order valence-electron chi connectivity index (χ1n) is 7.78. The van der Waals surface area contributed by atoms with Gasteiger partial charge in [-0.2, -0.15) is 0 Å². The minimum absolute atomic E-state index is 0.664. The summed E-state index contributed by atoms with van der Waals surface area (Å²) in [6, 6.07) is 7.44. The highest BCUT2D eigenvalue weighted by Gasteiger charge is 2.34. The highest BCUT2D eigenvalue weighted by molar-refractivity contribution is 5.37. The SMILES string of the molecule is Cc1cccc(C)c1[C@H](C1CCC1)N1CCNCC1. The number of aryl methyl sites for hydroxylation is 2. The Kier molecular flexibility index (Phi) is 3.90. The lowest BCUT2D eigenvalue weighted by molar-refractivity contribution is 0.0828. The number of piperazine rings is 1. The summed E-state index contributed by atoms with van der Waals surface area (Å²) in [5, 5.41) is 3.48. The summed E-state index contributed by atoms with van der Waals surface area (Å²) in [5.74, 6) is 0.887. The van der Waals surface area contributed by atoms with Crippen LogP contribution in [0.2, 0.25) is 0 Å². The van der Waals surface area contributed by atoms with E-state index in [-0.39, 0.29) is 0 Å². The Morgan fingerprint density at radius 2 is 1.74 bits per heavy atom. The molecule has 0 bridgehead atoms. The third-order valence-corrected chi connectivity index (χ3v) is 4.98. The minimum atomic E-state index is 0.664. The predicted molar refractivity (Wildman–Crippen MR) is 80.4 cm³/mol. The molecule has 1 aliphatic heterocycles. The number of rotatable bonds is 3. The van der Waals surface area contributed by atoms with E-state index in [2.05, 4.69) is 42.3 Å². The van der Waals surface area contributed by atoms with Gasteiger partial charge in [0, 0.05) is 32.2 Å². The maximum Gasteiger partial charge on any atom is 0.0382 e. The van der Waals surface area contributed by atoms with Crippen LogP contribution in [-0.2, 0) is 0 Å². The Morgan fingerprint density at radius 1 is 1.11 bits per heavy atom. The fraction of sp³-hybridized carbons (Fsp3) is 0.647. The molecule has 1 saturated heterocycles. The molecule has 1 aliphatic carbocycles. The molecule has 1 aromatic carbocycles. The highest BCUT2D eigenvalue weighted by atomic mass is 15.2. The summed E-state index contributed by atoms with van der Waals surface area (Å²) in [4.78, 5) is 2.73. The smallest absolute Gasteiger partial charge is 0.0382 e. The zero-order chi connectivity index (χ0) is 13.2. The van der Waals surface area contributed by atoms with Crippen LogP contribution >= 0.6 is 0 Å². The summed E-state index contributed by atoms with van der Waals surface area (Å²) in [7, 11) is 0. The van der Waals surface area contributed by atoms with Crippen LogP contribution in [0.5, 0.6) is 0 Å². The van der Waals surface area contributed by atoms with Crippen molar-refractivity contribution in [2.24, 2.45) is 5.92 Å². The molecule has 0 amide bonds. The van der Waals surface area contributed by atoms with Crippen molar-refractivity contribution in [2.45, 2.75) is 39.2 Å². The Hall–Kier alpha value is -0.860. The van der Waals surface area contributed by atoms with E-state index in [1.54, 1.807) is 5.56 Å². The third-order valence-electron chi connectivity index (χ3n) is 4.98. The molecule has 104 valence electrons. The molecule has 0 spiro atoms. The van der Waals surface area contributed by atoms with Gasteiger partial charge in [0.05, 0.1) is 0 Å². The molecule has 1 aromatic rings. The van der Waals surface area contributed by atoms with Crippen LogP contribution in [0.3, 0.4) is 0 Å². The van der Waals surface area contributed by atoms with Gasteiger partial charge < -0.3 is 5.32 Å². The molecular formula is C17H26N2. The lowest BCUT2D eigenvalue weighted by Gasteiger charge is -2.44. The molecule has 2 nitrogen and oxygen atoms in total. The Bertz CT molecular complexity index is 411. The monoisotopic (exact) mass is 258 g/mol. The lowest BCUT2D eigenvalue weighted by Crippen LogP contribution is -2.48. The normalized spacial score (nSPS) is 23.1. The van der Waals surface area contributed by atoms with Gasteiger partial charge in [-0.3, -0.25) is 4.90 Å². The van der Waals surface area contributed by atoms with Gasteiger partial charge in [-0.1, -0.05) is 24.6 Å². The molecule has 2 aliphatic rings. The van der Waals surface area contributed by atoms with Crippen LogP contribution in [0.15, 0.2) is 18.2 Å². The minimum Gasteiger partial charge on any atom is -0.314 e. The van der Waals surface area contributed by atoms with Crippen molar-refractivity contribution in [1.82, 2.24) is 10.2 Å². The van der Waals surface area contributed by atoms with Crippen molar-refractivity contribution >= 4 is 0 Å². The van der Waals surface area contributed by atoms with Gasteiger partial charge in [0.2, 0.25) is 0 Å². The first-order chi connectivity index (χ1) is 9.27. The number of benzene rings is 1. The van der Waals surface area contributed by atoms with Crippen molar-refractivity contribution < 1.29 is 0 Å². The topological polar surface area (TPSA) is 15.3 Å². The fourth-order valence-corrected chi connectivity index (χ4v) is 3.73. The fourth-order valence-electron chi connectivity index (χ4n) is 3.73. The Balaban J connectivity index is 1.93. The summed E-state index contributed by atoms with van der Waals surface area (Å²) >= 11 is 0. The van der Waals surface area contributed by atoms with Gasteiger partial charge in [-0.05, 0) is 49.3 Å². The van der Waals surface area contributed by atoms with Crippen LogP contribution in [0.1, 0.15) is 42.0 Å². The van der Waals surface area contributed by atoms with Crippen LogP contribution in [0.25, 0.3) is 0 Å². The van der Waals surface area contributed by atoms with Gasteiger partial charge in [-0.25, -0.2) is 0 Å². The van der Waals surface area contributed by atoms with Crippen LogP contribution in [0.4, 0.5) is 0 Å². The van der Waals surface area contributed by atoms with E-state index in [4.69, 9.17) is 0 Å². The molecule has 1 atom stereocenters. The lowest BCUT2D eigenvalue weighted by atomic mass is 9.74. The Morgan fingerprint density at radius 3 is 2.26 bits per heavy atom. The second kappa shape index (κ2) is 5.64. The summed E-state index contributed by atoms with van der Waals surface area (Å²) in [6.07, 6.45) is 4.27. The van der Waals surface area contributed by atoms with E-state index in [0.717, 1.165) is 19.0 Å². The van der Waals surface area contributed by atoms with Gasteiger partial charge in [-0.15, -0.1) is 0 Å². The second-order valence-corrected chi connectivity index (χ2v) is 6.23. The molecule has 2 fully saturated rings. The molecular weight excluding hydrogens is 232 g/mol. The van der Waals surface area contributed by atoms with Crippen molar-refractivity contribution in [3.8, 4) is 0 Å². The van der Waals surface area contributed by atoms with Crippen molar-refractivity contribution in [1.29, 1.82) is 0 Å². The van der Waals surface area contributed by atoms with E-state index >= 15 is 0 Å². The second-order valence-electron chi connectivity index (χ2n) is 6.23. The van der Waals surface area contributed by atoms with Gasteiger partial charge >= 0.3 is 0 Å². The average Bonchev–Trinajstić information content (AvgIpc) is 2.36. The Labute approximate surface area is 117 Å². The standard InChI is InChI=1S/C17H26N2/c1-13-5-3-6-14(2)16(13)17(15-7-4-8-15)19-11-9-18-10-12-19/h3,5-6,15,17-18H,4,7-12H2,1-2H3/t17-/m0/s1. The zero-order valence-corrected chi connectivity index (χ0v) is 12.3. The molecule has 0 radical (unpaired) electrons. The highest BCUT2D eigenvalue weighted by Crippen LogP contribution is 2.43. The molecule has 2 heteroatoms. The maximum absolute atomic E-state index is 3.48. The molecule has 1 heterocycles. The van der Waals surface area contributed by atoms with E-state index in [1.807, 2.05) is 0 Å². The maximum atomic E-state index is 3.48. The summed E-state index contributed by atoms with van der Waals surface area (Å²) < 4.78 is 0. The van der Waals surface area contributed by atoms with Crippen LogP contribution in [-0.4, -0.2) is 31.1 Å². The molecule has 0 aromatic heterocycles. The molecule has 0 unspecified atom stereocenters. The summed E-state index contributed by atoms with van der Waals surface area (Å²) in [5.41, 5.74) is 4.58. The first-order valence-corrected chi connectivity index (χ1v) is 7.78. The van der Waals surface area contributed by atoms with Crippen LogP contribution in [0, 0.1) is 19.8 Å². The van der Waals surface area contributed by atoms with E-state index in [1.165, 1.54) is 43.5 Å². The quantitative estimate of drug-likeness (QED) is 0.896. The first kappa shape index (κ1) is 13.1. The number of nitrogens with one attached hydrogen (secondary N) is 1. The van der Waals surface area contributed by atoms with Crippen molar-refractivity contribution in [3.05, 3.63) is 34.9 Å². The number of hydrogen-bond donors (Lipinski definition) is 1. The molecule has 1 saturated carbocycles. The zero-order valence-electron chi connectivity index (χ0n) is 12.3. The van der Waals surface area contributed by atoms with Gasteiger partial charge in [0.15, 0.2) is 0 Å².